The minimum atomic E-state index is -0.832. The molecule has 2 amide bonds. The number of amides is 2. The summed E-state index contributed by atoms with van der Waals surface area (Å²) in [5.74, 6) is -1.73. The molecule has 2 aliphatic rings. The van der Waals surface area contributed by atoms with Gasteiger partial charge < -0.3 is 15.3 Å². The summed E-state index contributed by atoms with van der Waals surface area (Å²) < 4.78 is 0. The van der Waals surface area contributed by atoms with E-state index in [1.807, 2.05) is 0 Å². The maximum absolute atomic E-state index is 12.7. The zero-order valence-corrected chi connectivity index (χ0v) is 14.9. The summed E-state index contributed by atoms with van der Waals surface area (Å²) in [6, 6.07) is 3.93. The zero-order valence-electron chi connectivity index (χ0n) is 13.4. The van der Waals surface area contributed by atoms with Gasteiger partial charge in [-0.3, -0.25) is 14.4 Å². The van der Waals surface area contributed by atoms with Crippen molar-refractivity contribution in [2.45, 2.75) is 37.8 Å². The van der Waals surface area contributed by atoms with Crippen LogP contribution in [0.4, 0.5) is 0 Å². The van der Waals surface area contributed by atoms with Crippen molar-refractivity contribution in [1.29, 1.82) is 0 Å². The topological polar surface area (TPSA) is 86.7 Å². The van der Waals surface area contributed by atoms with Crippen LogP contribution in [0.25, 0.3) is 0 Å². The molecule has 1 heterocycles. The van der Waals surface area contributed by atoms with Gasteiger partial charge in [0.05, 0.1) is 5.92 Å². The van der Waals surface area contributed by atoms with Crippen molar-refractivity contribution in [1.82, 2.24) is 10.2 Å². The first-order valence-electron chi connectivity index (χ1n) is 8.15. The van der Waals surface area contributed by atoms with Crippen LogP contribution < -0.4 is 5.32 Å². The fourth-order valence-corrected chi connectivity index (χ4v) is 3.89. The highest BCUT2D eigenvalue weighted by Gasteiger charge is 2.39. The molecule has 0 bridgehead atoms. The van der Waals surface area contributed by atoms with Crippen molar-refractivity contribution < 1.29 is 19.5 Å². The average molecular weight is 385 g/mol. The number of nitrogens with one attached hydrogen (secondary N) is 1. The molecule has 0 spiro atoms. The Kier molecular flexibility index (Phi) is 5.20. The van der Waals surface area contributed by atoms with Gasteiger partial charge in [-0.2, -0.15) is 0 Å². The van der Waals surface area contributed by atoms with Crippen molar-refractivity contribution >= 4 is 41.0 Å². The van der Waals surface area contributed by atoms with Crippen LogP contribution in [0.1, 0.15) is 36.0 Å². The lowest BCUT2D eigenvalue weighted by molar-refractivity contribution is -0.146. The van der Waals surface area contributed by atoms with Crippen LogP contribution in [-0.2, 0) is 9.59 Å². The normalized spacial score (nSPS) is 25.4. The second-order valence-electron chi connectivity index (χ2n) is 6.53. The third-order valence-corrected chi connectivity index (χ3v) is 5.20. The van der Waals surface area contributed by atoms with Gasteiger partial charge in [-0.25, -0.2) is 0 Å². The lowest BCUT2D eigenvalue weighted by Gasteiger charge is -2.34. The van der Waals surface area contributed by atoms with E-state index in [4.69, 9.17) is 28.3 Å². The molecule has 1 aromatic rings. The van der Waals surface area contributed by atoms with Gasteiger partial charge in [0.2, 0.25) is 5.91 Å². The number of halogens is 2. The summed E-state index contributed by atoms with van der Waals surface area (Å²) in [4.78, 5) is 37.6. The maximum atomic E-state index is 12.7. The van der Waals surface area contributed by atoms with Gasteiger partial charge in [-0.1, -0.05) is 23.2 Å². The van der Waals surface area contributed by atoms with Crippen LogP contribution in [0.15, 0.2) is 18.2 Å². The van der Waals surface area contributed by atoms with Crippen LogP contribution in [0.3, 0.4) is 0 Å². The number of carboxylic acid groups (broad SMARTS) is 1. The molecule has 1 aliphatic carbocycles. The van der Waals surface area contributed by atoms with E-state index in [9.17, 15) is 14.4 Å². The molecule has 6 nitrogen and oxygen atoms in total. The lowest BCUT2D eigenvalue weighted by atomic mass is 9.80. The van der Waals surface area contributed by atoms with E-state index in [1.165, 1.54) is 17.0 Å². The summed E-state index contributed by atoms with van der Waals surface area (Å²) in [6.07, 6.45) is 2.19. The number of carbonyl (C=O) groups excluding carboxylic acids is 2. The predicted octanol–water partition coefficient (Wildman–Crippen LogP) is 2.58. The summed E-state index contributed by atoms with van der Waals surface area (Å²) in [5, 5.41) is 12.5. The fourth-order valence-electron chi connectivity index (χ4n) is 3.36. The van der Waals surface area contributed by atoms with Gasteiger partial charge in [0.15, 0.2) is 0 Å². The molecule has 8 heteroatoms. The quantitative estimate of drug-likeness (QED) is 0.834. The Bertz CT molecular complexity index is 698. The van der Waals surface area contributed by atoms with E-state index in [2.05, 4.69) is 5.32 Å². The molecule has 1 saturated carbocycles. The Labute approximate surface area is 155 Å². The number of benzene rings is 1. The van der Waals surface area contributed by atoms with Gasteiger partial charge in [0, 0.05) is 28.2 Å². The van der Waals surface area contributed by atoms with E-state index >= 15 is 0 Å². The molecule has 1 saturated heterocycles. The number of nitrogens with zero attached hydrogens (tertiary/aromatic N) is 1. The molecule has 2 N–H and O–H groups in total. The van der Waals surface area contributed by atoms with Gasteiger partial charge in [0.25, 0.3) is 5.91 Å². The molecule has 0 aromatic heterocycles. The van der Waals surface area contributed by atoms with E-state index in [0.29, 0.717) is 41.4 Å². The summed E-state index contributed by atoms with van der Waals surface area (Å²) in [7, 11) is 0. The first-order chi connectivity index (χ1) is 11.8. The van der Waals surface area contributed by atoms with Gasteiger partial charge >= 0.3 is 5.97 Å². The van der Waals surface area contributed by atoms with Crippen LogP contribution in [0, 0.1) is 5.92 Å². The number of carbonyl (C=O) groups is 3. The highest BCUT2D eigenvalue weighted by Crippen LogP contribution is 2.29. The summed E-state index contributed by atoms with van der Waals surface area (Å²) >= 11 is 11.9. The van der Waals surface area contributed by atoms with E-state index in [0.717, 1.165) is 6.42 Å². The highest BCUT2D eigenvalue weighted by molar-refractivity contribution is 6.35. The van der Waals surface area contributed by atoms with Crippen LogP contribution >= 0.6 is 23.2 Å². The average Bonchev–Trinajstić information content (AvgIpc) is 2.97. The Balaban J connectivity index is 1.65. The van der Waals surface area contributed by atoms with Gasteiger partial charge in [-0.05, 0) is 43.9 Å². The van der Waals surface area contributed by atoms with Crippen LogP contribution in [-0.4, -0.2) is 46.4 Å². The van der Waals surface area contributed by atoms with Crippen LogP contribution in [0.2, 0.25) is 10.0 Å². The number of hydrogen-bond donors (Lipinski definition) is 2. The van der Waals surface area contributed by atoms with Crippen molar-refractivity contribution in [3.63, 3.8) is 0 Å². The van der Waals surface area contributed by atoms with Crippen molar-refractivity contribution in [2.75, 3.05) is 6.54 Å². The molecule has 134 valence electrons. The predicted molar refractivity (Wildman–Crippen MR) is 92.8 cm³/mol. The second-order valence-corrected chi connectivity index (χ2v) is 7.40. The number of likely N-dealkylation sites (tertiary alicyclic amines) is 1. The number of aliphatic carboxylic acids is 1. The number of rotatable bonds is 4. The molecule has 1 aliphatic heterocycles. The minimum absolute atomic E-state index is 0.133. The third kappa shape index (κ3) is 3.90. The van der Waals surface area contributed by atoms with E-state index < -0.39 is 12.0 Å². The largest absolute Gasteiger partial charge is 0.481 e. The molecular formula is C17H18Cl2N2O4. The minimum Gasteiger partial charge on any atom is -0.481 e. The first kappa shape index (κ1) is 18.0. The van der Waals surface area contributed by atoms with Gasteiger partial charge in [-0.15, -0.1) is 0 Å². The number of hydrogen-bond acceptors (Lipinski definition) is 3. The SMILES string of the molecule is O=C(O)C1CC(NC(=O)C2CCCN2C(=O)c2cc(Cl)cc(Cl)c2)C1. The lowest BCUT2D eigenvalue weighted by Crippen LogP contribution is -2.53. The maximum Gasteiger partial charge on any atom is 0.306 e. The first-order valence-corrected chi connectivity index (χ1v) is 8.91. The molecule has 25 heavy (non-hydrogen) atoms. The highest BCUT2D eigenvalue weighted by atomic mass is 35.5. The third-order valence-electron chi connectivity index (χ3n) is 4.76. The smallest absolute Gasteiger partial charge is 0.306 e. The molecule has 2 fully saturated rings. The van der Waals surface area contributed by atoms with E-state index in [1.54, 1.807) is 6.07 Å². The monoisotopic (exact) mass is 384 g/mol. The second kappa shape index (κ2) is 7.22. The summed E-state index contributed by atoms with van der Waals surface area (Å²) in [5.41, 5.74) is 0.354. The molecule has 1 atom stereocenters. The summed E-state index contributed by atoms with van der Waals surface area (Å²) in [6.45, 7) is 0.490. The standard InChI is InChI=1S/C17H18Cl2N2O4/c18-11-4-9(5-12(19)8-11)16(23)21-3-1-2-14(21)15(22)20-13-6-10(7-13)17(24)25/h4-5,8,10,13-14H,1-3,6-7H2,(H,20,22)(H,24,25). The Morgan fingerprint density at radius 3 is 2.36 bits per heavy atom. The molecular weight excluding hydrogens is 367 g/mol. The van der Waals surface area contributed by atoms with Crippen molar-refractivity contribution in [3.05, 3.63) is 33.8 Å². The van der Waals surface area contributed by atoms with Crippen molar-refractivity contribution in [2.24, 2.45) is 5.92 Å². The Morgan fingerprint density at radius 2 is 1.76 bits per heavy atom. The fraction of sp³-hybridized carbons (Fsp3) is 0.471. The molecule has 1 aromatic carbocycles. The molecule has 1 unspecified atom stereocenters. The zero-order chi connectivity index (χ0) is 18.1. The number of carboxylic acids is 1. The Hall–Kier alpha value is -1.79. The van der Waals surface area contributed by atoms with Gasteiger partial charge in [0.1, 0.15) is 6.04 Å². The molecule has 3 rings (SSSR count). The van der Waals surface area contributed by atoms with E-state index in [-0.39, 0.29) is 23.8 Å². The van der Waals surface area contributed by atoms with Crippen molar-refractivity contribution in [3.8, 4) is 0 Å². The Morgan fingerprint density at radius 1 is 1.12 bits per heavy atom. The van der Waals surface area contributed by atoms with Crippen LogP contribution in [0.5, 0.6) is 0 Å². The molecule has 0 radical (unpaired) electrons.